The first-order valence-corrected chi connectivity index (χ1v) is 7.29. The van der Waals surface area contributed by atoms with Crippen molar-refractivity contribution in [2.75, 3.05) is 6.54 Å². The van der Waals surface area contributed by atoms with E-state index in [9.17, 15) is 9.18 Å². The lowest BCUT2D eigenvalue weighted by molar-refractivity contribution is 0.00578. The van der Waals surface area contributed by atoms with Crippen LogP contribution in [0.15, 0.2) is 28.9 Å². The fourth-order valence-electron chi connectivity index (χ4n) is 2.13. The Hall–Kier alpha value is -1.44. The van der Waals surface area contributed by atoms with Gasteiger partial charge in [0.05, 0.1) is 11.2 Å². The first kappa shape index (κ1) is 16.9. The van der Waals surface area contributed by atoms with Gasteiger partial charge in [-0.2, -0.15) is 0 Å². The number of halogens is 1. The summed E-state index contributed by atoms with van der Waals surface area (Å²) in [5.74, 6) is 0. The highest BCUT2D eigenvalue weighted by atomic mass is 19.1. The molecule has 1 aromatic heterocycles. The molecule has 22 heavy (non-hydrogen) atoms. The molecule has 1 aliphatic rings. The summed E-state index contributed by atoms with van der Waals surface area (Å²) in [6, 6.07) is 2.94. The van der Waals surface area contributed by atoms with Crippen LogP contribution in [-0.4, -0.2) is 29.4 Å². The average Bonchev–Trinajstić information content (AvgIpc) is 2.63. The number of hydrogen-bond acceptors (Lipinski definition) is 4. The van der Waals surface area contributed by atoms with Gasteiger partial charge in [-0.25, -0.2) is 4.39 Å². The maximum Gasteiger partial charge on any atom is 0.525 e. The van der Waals surface area contributed by atoms with Gasteiger partial charge in [-0.05, 0) is 45.4 Å². The molecule has 0 atom stereocenters. The van der Waals surface area contributed by atoms with Crippen molar-refractivity contribution in [2.24, 2.45) is 5.73 Å². The Morgan fingerprint density at radius 1 is 1.32 bits per heavy atom. The van der Waals surface area contributed by atoms with Crippen LogP contribution in [0.5, 0.6) is 0 Å². The number of nitrogens with zero attached hydrogens (tertiary/aromatic N) is 1. The highest BCUT2D eigenvalue weighted by molar-refractivity contribution is 6.54. The maximum absolute atomic E-state index is 14.4. The van der Waals surface area contributed by atoms with Crippen LogP contribution in [0, 0.1) is 0 Å². The van der Waals surface area contributed by atoms with E-state index in [1.165, 1.54) is 16.7 Å². The zero-order valence-electron chi connectivity index (χ0n) is 13.4. The summed E-state index contributed by atoms with van der Waals surface area (Å²) in [7, 11) is -1.04. The number of rotatable bonds is 4. The van der Waals surface area contributed by atoms with Gasteiger partial charge in [0.25, 0.3) is 5.56 Å². The van der Waals surface area contributed by atoms with Crippen molar-refractivity contribution in [3.8, 4) is 0 Å². The average molecular weight is 308 g/mol. The summed E-state index contributed by atoms with van der Waals surface area (Å²) < 4.78 is 27.1. The molecule has 0 spiro atoms. The summed E-state index contributed by atoms with van der Waals surface area (Å²) in [4.78, 5) is 11.6. The monoisotopic (exact) mass is 308 g/mol. The lowest BCUT2D eigenvalue weighted by atomic mass is 9.87. The van der Waals surface area contributed by atoms with Gasteiger partial charge >= 0.3 is 7.12 Å². The van der Waals surface area contributed by atoms with Gasteiger partial charge in [-0.15, -0.1) is 0 Å². The summed E-state index contributed by atoms with van der Waals surface area (Å²) in [5, 5.41) is 0. The molecule has 0 aliphatic carbocycles. The van der Waals surface area contributed by atoms with Gasteiger partial charge in [0.1, 0.15) is 5.73 Å². The van der Waals surface area contributed by atoms with Crippen LogP contribution in [0.3, 0.4) is 0 Å². The highest BCUT2D eigenvalue weighted by Gasteiger charge is 2.53. The third kappa shape index (κ3) is 3.32. The van der Waals surface area contributed by atoms with E-state index in [0.717, 1.165) is 0 Å². The molecule has 0 amide bonds. The number of hydrogen-bond donors (Lipinski definition) is 1. The first-order chi connectivity index (χ1) is 10.2. The van der Waals surface area contributed by atoms with Gasteiger partial charge in [-0.1, -0.05) is 0 Å². The minimum atomic E-state index is -1.04. The standard InChI is InChI=1S/C15H22BFN2O3/c1-14(2)15(3,4)22-16(21-14)12(17)9-11-5-6-13(20)19(10-11)8-7-18/h5-6,9-10H,7-8,18H2,1-4H3. The summed E-state index contributed by atoms with van der Waals surface area (Å²) >= 11 is 0. The highest BCUT2D eigenvalue weighted by Crippen LogP contribution is 2.38. The predicted molar refractivity (Wildman–Crippen MR) is 84.9 cm³/mol. The normalized spacial score (nSPS) is 20.5. The van der Waals surface area contributed by atoms with Crippen LogP contribution in [0.1, 0.15) is 33.3 Å². The lowest BCUT2D eigenvalue weighted by Crippen LogP contribution is -2.41. The van der Waals surface area contributed by atoms with Crippen molar-refractivity contribution < 1.29 is 13.7 Å². The third-order valence-corrected chi connectivity index (χ3v) is 4.16. The smallest absolute Gasteiger partial charge is 0.398 e. The second-order valence-electron chi connectivity index (χ2n) is 6.40. The minimum absolute atomic E-state index is 0.168. The first-order valence-electron chi connectivity index (χ1n) is 7.29. The Morgan fingerprint density at radius 3 is 2.45 bits per heavy atom. The van der Waals surface area contributed by atoms with Crippen molar-refractivity contribution >= 4 is 13.2 Å². The molecule has 2 rings (SSSR count). The Morgan fingerprint density at radius 2 is 1.91 bits per heavy atom. The summed E-state index contributed by atoms with van der Waals surface area (Å²) in [6.07, 6.45) is 2.88. The summed E-state index contributed by atoms with van der Waals surface area (Å²) in [5.41, 5.74) is 4.12. The number of nitrogens with two attached hydrogens (primary N) is 1. The molecule has 2 N–H and O–H groups in total. The molecule has 0 radical (unpaired) electrons. The molecule has 1 aliphatic heterocycles. The second kappa shape index (κ2) is 5.99. The molecule has 0 aromatic carbocycles. The lowest BCUT2D eigenvalue weighted by Gasteiger charge is -2.32. The van der Waals surface area contributed by atoms with Crippen molar-refractivity contribution in [3.63, 3.8) is 0 Å². The topological polar surface area (TPSA) is 66.5 Å². The molecular weight excluding hydrogens is 286 g/mol. The number of aromatic nitrogens is 1. The third-order valence-electron chi connectivity index (χ3n) is 4.16. The van der Waals surface area contributed by atoms with E-state index in [1.807, 2.05) is 27.7 Å². The van der Waals surface area contributed by atoms with Gasteiger partial charge in [0, 0.05) is 25.4 Å². The van der Waals surface area contributed by atoms with Crippen molar-refractivity contribution in [3.05, 3.63) is 40.0 Å². The second-order valence-corrected chi connectivity index (χ2v) is 6.40. The van der Waals surface area contributed by atoms with E-state index in [4.69, 9.17) is 15.0 Å². The molecule has 120 valence electrons. The molecular formula is C15H22BFN2O3. The maximum atomic E-state index is 14.4. The van der Waals surface area contributed by atoms with E-state index >= 15 is 0 Å². The SMILES string of the molecule is CC1(C)OB(C(F)=Cc2ccc(=O)n(CCN)c2)OC1(C)C. The zero-order valence-corrected chi connectivity index (χ0v) is 13.4. The van der Waals surface area contributed by atoms with E-state index in [-0.39, 0.29) is 5.56 Å². The largest absolute Gasteiger partial charge is 0.525 e. The van der Waals surface area contributed by atoms with Crippen molar-refractivity contribution in [1.82, 2.24) is 4.57 Å². The fourth-order valence-corrected chi connectivity index (χ4v) is 2.13. The van der Waals surface area contributed by atoms with Gasteiger partial charge in [0.15, 0.2) is 0 Å². The number of pyridine rings is 1. The Kier molecular flexibility index (Phi) is 4.61. The molecule has 5 nitrogen and oxygen atoms in total. The predicted octanol–water partition coefficient (Wildman–Crippen LogP) is 1.75. The van der Waals surface area contributed by atoms with Gasteiger partial charge < -0.3 is 19.6 Å². The fraction of sp³-hybridized carbons (Fsp3) is 0.533. The quantitative estimate of drug-likeness (QED) is 0.861. The molecule has 0 unspecified atom stereocenters. The van der Waals surface area contributed by atoms with E-state index in [2.05, 4.69) is 0 Å². The Labute approximate surface area is 130 Å². The van der Waals surface area contributed by atoms with E-state index in [0.29, 0.717) is 18.7 Å². The van der Waals surface area contributed by atoms with Crippen molar-refractivity contribution in [1.29, 1.82) is 0 Å². The molecule has 1 saturated heterocycles. The van der Waals surface area contributed by atoms with E-state index < -0.39 is 24.0 Å². The van der Waals surface area contributed by atoms with Crippen LogP contribution in [0.25, 0.3) is 6.08 Å². The van der Waals surface area contributed by atoms with Gasteiger partial charge in [0.2, 0.25) is 0 Å². The minimum Gasteiger partial charge on any atom is -0.398 e. The molecule has 1 fully saturated rings. The van der Waals surface area contributed by atoms with Crippen LogP contribution in [-0.2, 0) is 15.9 Å². The van der Waals surface area contributed by atoms with Crippen molar-refractivity contribution in [2.45, 2.75) is 45.4 Å². The molecule has 0 bridgehead atoms. The molecule has 7 heteroatoms. The zero-order chi connectivity index (χ0) is 16.5. The van der Waals surface area contributed by atoms with E-state index in [1.54, 1.807) is 12.3 Å². The Bertz CT molecular complexity index is 624. The Balaban J connectivity index is 2.23. The summed E-state index contributed by atoms with van der Waals surface area (Å²) in [6.45, 7) is 8.18. The van der Waals surface area contributed by atoms with Crippen LogP contribution in [0.4, 0.5) is 4.39 Å². The van der Waals surface area contributed by atoms with Crippen LogP contribution < -0.4 is 11.3 Å². The molecule has 2 heterocycles. The molecule has 1 aromatic rings. The molecule has 0 saturated carbocycles. The van der Waals surface area contributed by atoms with Crippen LogP contribution >= 0.6 is 0 Å². The van der Waals surface area contributed by atoms with Gasteiger partial charge in [-0.3, -0.25) is 4.79 Å². The van der Waals surface area contributed by atoms with Crippen LogP contribution in [0.2, 0.25) is 0 Å².